The van der Waals surface area contributed by atoms with Gasteiger partial charge in [-0.3, -0.25) is 4.79 Å². The van der Waals surface area contributed by atoms with E-state index in [1.807, 2.05) is 23.1 Å². The molecule has 0 spiro atoms. The molecule has 1 aromatic carbocycles. The van der Waals surface area contributed by atoms with Crippen molar-refractivity contribution in [2.24, 2.45) is 5.73 Å². The molecule has 1 fully saturated rings. The number of benzene rings is 1. The van der Waals surface area contributed by atoms with Gasteiger partial charge < -0.3 is 15.4 Å². The molecule has 1 saturated heterocycles. The SMILES string of the molecule is COc1ccc(CC(=O)N2CCC(N)C2)cc1Br.Cl. The molecule has 1 unspecified atom stereocenters. The maximum Gasteiger partial charge on any atom is 0.227 e. The Hall–Kier alpha value is -0.780. The maximum absolute atomic E-state index is 12.0. The number of hydrogen-bond acceptors (Lipinski definition) is 3. The second kappa shape index (κ2) is 7.12. The number of hydrogen-bond donors (Lipinski definition) is 1. The summed E-state index contributed by atoms with van der Waals surface area (Å²) < 4.78 is 6.03. The van der Waals surface area contributed by atoms with Gasteiger partial charge in [-0.05, 0) is 40.0 Å². The van der Waals surface area contributed by atoms with Gasteiger partial charge in [0, 0.05) is 19.1 Å². The van der Waals surface area contributed by atoms with Crippen molar-refractivity contribution < 1.29 is 9.53 Å². The van der Waals surface area contributed by atoms with Crippen LogP contribution in [-0.4, -0.2) is 37.0 Å². The minimum atomic E-state index is 0. The Labute approximate surface area is 127 Å². The van der Waals surface area contributed by atoms with E-state index in [1.54, 1.807) is 7.11 Å². The largest absolute Gasteiger partial charge is 0.496 e. The minimum Gasteiger partial charge on any atom is -0.496 e. The molecule has 0 aromatic heterocycles. The highest BCUT2D eigenvalue weighted by Crippen LogP contribution is 2.26. The number of nitrogens with two attached hydrogens (primary N) is 1. The molecule has 4 nitrogen and oxygen atoms in total. The van der Waals surface area contributed by atoms with Crippen molar-refractivity contribution in [3.63, 3.8) is 0 Å². The molecular weight excluding hydrogens is 332 g/mol. The summed E-state index contributed by atoms with van der Waals surface area (Å²) in [7, 11) is 1.62. The predicted octanol–water partition coefficient (Wildman–Crippen LogP) is 1.98. The lowest BCUT2D eigenvalue weighted by Gasteiger charge is -2.16. The van der Waals surface area contributed by atoms with Crippen molar-refractivity contribution in [2.75, 3.05) is 20.2 Å². The molecule has 1 aliphatic heterocycles. The van der Waals surface area contributed by atoms with Crippen molar-refractivity contribution in [1.29, 1.82) is 0 Å². The van der Waals surface area contributed by atoms with Gasteiger partial charge in [-0.15, -0.1) is 12.4 Å². The van der Waals surface area contributed by atoms with E-state index in [9.17, 15) is 4.79 Å². The van der Waals surface area contributed by atoms with E-state index in [2.05, 4.69) is 15.9 Å². The first-order valence-electron chi connectivity index (χ1n) is 5.96. The predicted molar refractivity (Wildman–Crippen MR) is 80.8 cm³/mol. The first kappa shape index (κ1) is 16.3. The number of carbonyl (C=O) groups is 1. The van der Waals surface area contributed by atoms with Crippen LogP contribution in [-0.2, 0) is 11.2 Å². The molecule has 1 atom stereocenters. The molecule has 0 aliphatic carbocycles. The molecule has 6 heteroatoms. The molecule has 0 bridgehead atoms. The van der Waals surface area contributed by atoms with E-state index in [4.69, 9.17) is 10.5 Å². The average Bonchev–Trinajstić information content (AvgIpc) is 2.76. The number of nitrogens with zero attached hydrogens (tertiary/aromatic N) is 1. The van der Waals surface area contributed by atoms with E-state index >= 15 is 0 Å². The van der Waals surface area contributed by atoms with Crippen molar-refractivity contribution in [3.8, 4) is 5.75 Å². The molecule has 2 N–H and O–H groups in total. The summed E-state index contributed by atoms with van der Waals surface area (Å²) in [5.41, 5.74) is 6.78. The van der Waals surface area contributed by atoms with Crippen LogP contribution in [0.15, 0.2) is 22.7 Å². The van der Waals surface area contributed by atoms with Gasteiger partial charge in [-0.1, -0.05) is 6.07 Å². The van der Waals surface area contributed by atoms with E-state index in [-0.39, 0.29) is 24.4 Å². The van der Waals surface area contributed by atoms with Crippen LogP contribution in [0.4, 0.5) is 0 Å². The summed E-state index contributed by atoms with van der Waals surface area (Å²) >= 11 is 3.42. The van der Waals surface area contributed by atoms with Crippen molar-refractivity contribution in [1.82, 2.24) is 4.90 Å². The van der Waals surface area contributed by atoms with Crippen molar-refractivity contribution in [3.05, 3.63) is 28.2 Å². The Morgan fingerprint density at radius 2 is 2.32 bits per heavy atom. The Bertz CT molecular complexity index is 456. The van der Waals surface area contributed by atoms with Gasteiger partial charge in [0.05, 0.1) is 18.0 Å². The zero-order valence-corrected chi connectivity index (χ0v) is 13.2. The number of rotatable bonds is 3. The monoisotopic (exact) mass is 348 g/mol. The summed E-state index contributed by atoms with van der Waals surface area (Å²) in [6.45, 7) is 1.45. The molecule has 106 valence electrons. The van der Waals surface area contributed by atoms with Crippen LogP contribution >= 0.6 is 28.3 Å². The molecule has 2 rings (SSSR count). The minimum absolute atomic E-state index is 0. The zero-order chi connectivity index (χ0) is 13.1. The third kappa shape index (κ3) is 4.09. The van der Waals surface area contributed by atoms with Gasteiger partial charge in [0.2, 0.25) is 5.91 Å². The lowest BCUT2D eigenvalue weighted by molar-refractivity contribution is -0.129. The highest BCUT2D eigenvalue weighted by Gasteiger charge is 2.23. The van der Waals surface area contributed by atoms with E-state index in [0.717, 1.165) is 28.8 Å². The van der Waals surface area contributed by atoms with Crippen LogP contribution in [0, 0.1) is 0 Å². The van der Waals surface area contributed by atoms with Gasteiger partial charge in [-0.25, -0.2) is 0 Å². The molecule has 1 heterocycles. The van der Waals surface area contributed by atoms with Crippen molar-refractivity contribution in [2.45, 2.75) is 18.9 Å². The molecular formula is C13H18BrClN2O2. The molecule has 19 heavy (non-hydrogen) atoms. The van der Waals surface area contributed by atoms with E-state index in [0.29, 0.717) is 13.0 Å². The Kier molecular flexibility index (Phi) is 6.10. The van der Waals surface area contributed by atoms with Crippen LogP contribution < -0.4 is 10.5 Å². The Balaban J connectivity index is 0.00000180. The number of ether oxygens (including phenoxy) is 1. The maximum atomic E-state index is 12.0. The summed E-state index contributed by atoms with van der Waals surface area (Å²) in [4.78, 5) is 13.9. The van der Waals surface area contributed by atoms with Crippen LogP contribution in [0.2, 0.25) is 0 Å². The summed E-state index contributed by atoms with van der Waals surface area (Å²) in [5, 5.41) is 0. The average molecular weight is 350 g/mol. The van der Waals surface area contributed by atoms with Gasteiger partial charge in [0.1, 0.15) is 5.75 Å². The third-order valence-corrected chi connectivity index (χ3v) is 3.77. The third-order valence-electron chi connectivity index (χ3n) is 3.15. The first-order valence-corrected chi connectivity index (χ1v) is 6.75. The fourth-order valence-corrected chi connectivity index (χ4v) is 2.71. The van der Waals surface area contributed by atoms with Crippen LogP contribution in [0.5, 0.6) is 5.75 Å². The summed E-state index contributed by atoms with van der Waals surface area (Å²) in [6.07, 6.45) is 1.31. The summed E-state index contributed by atoms with van der Waals surface area (Å²) in [6, 6.07) is 5.84. The normalized spacial score (nSPS) is 18.1. The summed E-state index contributed by atoms with van der Waals surface area (Å²) in [5.74, 6) is 0.911. The second-order valence-corrected chi connectivity index (χ2v) is 5.39. The topological polar surface area (TPSA) is 55.6 Å². The molecule has 0 saturated carbocycles. The van der Waals surface area contributed by atoms with Crippen LogP contribution in [0.1, 0.15) is 12.0 Å². The lowest BCUT2D eigenvalue weighted by atomic mass is 10.1. The first-order chi connectivity index (χ1) is 8.60. The van der Waals surface area contributed by atoms with E-state index < -0.39 is 0 Å². The smallest absolute Gasteiger partial charge is 0.227 e. The highest BCUT2D eigenvalue weighted by molar-refractivity contribution is 9.10. The van der Waals surface area contributed by atoms with Gasteiger partial charge in [-0.2, -0.15) is 0 Å². The lowest BCUT2D eigenvalue weighted by Crippen LogP contribution is -2.32. The molecule has 1 aromatic rings. The highest BCUT2D eigenvalue weighted by atomic mass is 79.9. The number of likely N-dealkylation sites (tertiary alicyclic amines) is 1. The zero-order valence-electron chi connectivity index (χ0n) is 10.8. The standard InChI is InChI=1S/C13H17BrN2O2.ClH/c1-18-12-3-2-9(6-11(12)14)7-13(17)16-5-4-10(15)8-16;/h2-3,6,10H,4-5,7-8,15H2,1H3;1H. The number of carbonyl (C=O) groups excluding carboxylic acids is 1. The van der Waals surface area contributed by atoms with E-state index in [1.165, 1.54) is 0 Å². The second-order valence-electron chi connectivity index (χ2n) is 4.53. The number of amides is 1. The number of methoxy groups -OCH3 is 1. The fourth-order valence-electron chi connectivity index (χ4n) is 2.12. The van der Waals surface area contributed by atoms with Gasteiger partial charge >= 0.3 is 0 Å². The van der Waals surface area contributed by atoms with Gasteiger partial charge in [0.15, 0.2) is 0 Å². The van der Waals surface area contributed by atoms with Crippen LogP contribution in [0.3, 0.4) is 0 Å². The van der Waals surface area contributed by atoms with Gasteiger partial charge in [0.25, 0.3) is 0 Å². The van der Waals surface area contributed by atoms with Crippen molar-refractivity contribution >= 4 is 34.2 Å². The molecule has 1 aliphatic rings. The molecule has 0 radical (unpaired) electrons. The molecule has 1 amide bonds. The number of halogens is 2. The quantitative estimate of drug-likeness (QED) is 0.908. The fraction of sp³-hybridized carbons (Fsp3) is 0.462. The van der Waals surface area contributed by atoms with Crippen LogP contribution in [0.25, 0.3) is 0 Å². The Morgan fingerprint density at radius 3 is 2.84 bits per heavy atom. The Morgan fingerprint density at radius 1 is 1.58 bits per heavy atom.